The molecule has 6 N–H and O–H groups in total. The summed E-state index contributed by atoms with van der Waals surface area (Å²) in [5, 5.41) is 42.2. The molecule has 254 valence electrons. The summed E-state index contributed by atoms with van der Waals surface area (Å²) in [6, 6.07) is 18.4. The number of benzene rings is 2. The van der Waals surface area contributed by atoms with Crippen LogP contribution in [0, 0.1) is 28.6 Å². The fourth-order valence-electron chi connectivity index (χ4n) is 5.91. The maximum absolute atomic E-state index is 13.4. The van der Waals surface area contributed by atoms with Gasteiger partial charge in [-0.3, -0.25) is 20.7 Å². The number of aliphatic imine (C=N–C) groups is 1. The van der Waals surface area contributed by atoms with E-state index in [0.717, 1.165) is 16.7 Å². The zero-order chi connectivity index (χ0) is 34.6. The number of aromatic nitrogens is 1. The summed E-state index contributed by atoms with van der Waals surface area (Å²) in [7, 11) is 0. The summed E-state index contributed by atoms with van der Waals surface area (Å²) < 4.78 is 7.99. The normalized spacial score (nSPS) is 19.2. The highest BCUT2D eigenvalue weighted by Gasteiger charge is 2.31. The molecule has 1 aromatic heterocycles. The predicted octanol–water partition coefficient (Wildman–Crippen LogP) is 6.35. The Morgan fingerprint density at radius 1 is 1.02 bits per heavy atom. The van der Waals surface area contributed by atoms with Gasteiger partial charge in [0.05, 0.1) is 23.5 Å². The molecule has 0 bridgehead atoms. The molecule has 11 heteroatoms. The van der Waals surface area contributed by atoms with Gasteiger partial charge < -0.3 is 25.5 Å². The van der Waals surface area contributed by atoms with E-state index in [0.29, 0.717) is 61.8 Å². The van der Waals surface area contributed by atoms with Crippen LogP contribution in [0.2, 0.25) is 0 Å². The van der Waals surface area contributed by atoms with Crippen molar-refractivity contribution in [1.82, 2.24) is 20.1 Å². The number of piperidine rings is 1. The Kier molecular flexibility index (Phi) is 10.2. The average Bonchev–Trinajstić information content (AvgIpc) is 3.03. The molecule has 2 aromatic carbocycles. The minimum atomic E-state index is -0.731. The summed E-state index contributed by atoms with van der Waals surface area (Å²) in [5.41, 5.74) is 3.30. The smallest absolute Gasteiger partial charge is 0.320 e. The van der Waals surface area contributed by atoms with Crippen molar-refractivity contribution < 1.29 is 14.6 Å². The molecule has 2 aliphatic rings. The SMILES string of the molecule is Cc1ccc(N=C(CC(=N)C(C)(C)C)NC(=O)NC2CCC(Oc3ccc(=N)n(C(=N)N4CCC(C)(O)CC4)c3)c3ccccc32)cc1. The molecule has 1 saturated heterocycles. The first-order valence-corrected chi connectivity index (χ1v) is 16.6. The molecule has 11 nitrogen and oxygen atoms in total. The van der Waals surface area contributed by atoms with Crippen molar-refractivity contribution >= 4 is 29.2 Å². The number of amides is 2. The van der Waals surface area contributed by atoms with Gasteiger partial charge in [0, 0.05) is 25.2 Å². The lowest BCUT2D eigenvalue weighted by atomic mass is 9.85. The Balaban J connectivity index is 1.29. The highest BCUT2D eigenvalue weighted by atomic mass is 16.5. The predicted molar refractivity (Wildman–Crippen MR) is 188 cm³/mol. The van der Waals surface area contributed by atoms with Gasteiger partial charge in [-0.05, 0) is 80.3 Å². The van der Waals surface area contributed by atoms with Crippen LogP contribution in [-0.4, -0.2) is 56.8 Å². The first-order chi connectivity index (χ1) is 22.7. The van der Waals surface area contributed by atoms with E-state index in [9.17, 15) is 9.90 Å². The number of nitrogens with zero attached hydrogens (tertiary/aromatic N) is 3. The molecule has 2 heterocycles. The number of carbonyl (C=O) groups excluding carboxylic acids is 1. The minimum absolute atomic E-state index is 0.173. The summed E-state index contributed by atoms with van der Waals surface area (Å²) in [4.78, 5) is 20.0. The molecule has 3 aromatic rings. The summed E-state index contributed by atoms with van der Waals surface area (Å²) in [6.07, 6.45) is 4.02. The molecule has 2 atom stereocenters. The fourth-order valence-corrected chi connectivity index (χ4v) is 5.91. The third-order valence-corrected chi connectivity index (χ3v) is 9.11. The lowest BCUT2D eigenvalue weighted by Gasteiger charge is -2.37. The van der Waals surface area contributed by atoms with Gasteiger partial charge in [-0.2, -0.15) is 0 Å². The number of aryl methyl sites for hydroxylation is 1. The van der Waals surface area contributed by atoms with Gasteiger partial charge in [-0.15, -0.1) is 0 Å². The van der Waals surface area contributed by atoms with Crippen LogP contribution in [0.15, 0.2) is 71.9 Å². The minimum Gasteiger partial charge on any atom is -0.484 e. The van der Waals surface area contributed by atoms with E-state index in [-0.39, 0.29) is 41.5 Å². The quantitative estimate of drug-likeness (QED) is 0.135. The highest BCUT2D eigenvalue weighted by molar-refractivity contribution is 6.09. The number of hydrogen-bond donors (Lipinski definition) is 6. The van der Waals surface area contributed by atoms with Gasteiger partial charge in [0.2, 0.25) is 5.96 Å². The third kappa shape index (κ3) is 8.57. The molecule has 0 radical (unpaired) electrons. The summed E-state index contributed by atoms with van der Waals surface area (Å²) in [5.74, 6) is 1.14. The number of hydrogen-bond acceptors (Lipinski definition) is 7. The fraction of sp³-hybridized carbons (Fsp3) is 0.432. The van der Waals surface area contributed by atoms with E-state index in [1.807, 2.05) is 88.0 Å². The van der Waals surface area contributed by atoms with Gasteiger partial charge in [-0.25, -0.2) is 9.79 Å². The standard InChI is InChI=1S/C37H48N8O3/c1-24-10-12-25(13-11-24)41-33(22-31(38)36(2,3)4)43-35(46)42-29-15-16-30(28-9-7-6-8-27(28)29)48-26-14-17-32(39)45(23-26)34(40)44-20-18-37(5,47)19-21-44/h6-14,17,23,29-30,38-40,47H,15-16,18-22H2,1-5H3,(H2,41,42,43,46). The highest BCUT2D eigenvalue weighted by Crippen LogP contribution is 2.38. The molecule has 1 aliphatic carbocycles. The number of likely N-dealkylation sites (tertiary alicyclic amines) is 1. The lowest BCUT2D eigenvalue weighted by Crippen LogP contribution is -2.48. The Morgan fingerprint density at radius 2 is 1.69 bits per heavy atom. The van der Waals surface area contributed by atoms with E-state index in [2.05, 4.69) is 10.6 Å². The van der Waals surface area contributed by atoms with Crippen LogP contribution in [-0.2, 0) is 0 Å². The van der Waals surface area contributed by atoms with E-state index in [1.165, 1.54) is 4.57 Å². The topological polar surface area (TPSA) is 163 Å². The van der Waals surface area contributed by atoms with Crippen LogP contribution in [0.3, 0.4) is 0 Å². The number of rotatable bonds is 6. The van der Waals surface area contributed by atoms with E-state index < -0.39 is 5.60 Å². The maximum atomic E-state index is 13.4. The average molecular weight is 653 g/mol. The number of carbonyl (C=O) groups is 1. The Labute approximate surface area is 282 Å². The molecular formula is C37H48N8O3. The van der Waals surface area contributed by atoms with Crippen molar-refractivity contribution in [3.8, 4) is 5.75 Å². The second-order valence-corrected chi connectivity index (χ2v) is 14.2. The molecule has 2 unspecified atom stereocenters. The number of ether oxygens (including phenoxy) is 1. The Hall–Kier alpha value is -4.77. The lowest BCUT2D eigenvalue weighted by molar-refractivity contribution is 0.00909. The number of pyridine rings is 1. The molecule has 1 aliphatic heterocycles. The molecule has 48 heavy (non-hydrogen) atoms. The second kappa shape index (κ2) is 14.1. The zero-order valence-electron chi connectivity index (χ0n) is 28.6. The van der Waals surface area contributed by atoms with Crippen molar-refractivity contribution in [1.29, 1.82) is 16.2 Å². The van der Waals surface area contributed by atoms with Gasteiger partial charge in [0.25, 0.3) is 0 Å². The molecule has 0 spiro atoms. The van der Waals surface area contributed by atoms with Crippen LogP contribution in [0.25, 0.3) is 0 Å². The van der Waals surface area contributed by atoms with E-state index in [1.54, 1.807) is 18.3 Å². The number of urea groups is 1. The third-order valence-electron chi connectivity index (χ3n) is 9.11. The summed E-state index contributed by atoms with van der Waals surface area (Å²) in [6.45, 7) is 10.8. The van der Waals surface area contributed by atoms with Crippen molar-refractivity contribution in [3.05, 3.63) is 89.0 Å². The Bertz CT molecular complexity index is 1740. The van der Waals surface area contributed by atoms with Gasteiger partial charge in [-0.1, -0.05) is 62.7 Å². The monoisotopic (exact) mass is 652 g/mol. The van der Waals surface area contributed by atoms with Crippen molar-refractivity contribution in [2.75, 3.05) is 13.1 Å². The molecule has 0 saturated carbocycles. The largest absolute Gasteiger partial charge is 0.484 e. The number of amidine groups is 1. The van der Waals surface area contributed by atoms with Gasteiger partial charge in [0.1, 0.15) is 23.2 Å². The number of fused-ring (bicyclic) bond motifs is 1. The van der Waals surface area contributed by atoms with E-state index >= 15 is 0 Å². The van der Waals surface area contributed by atoms with E-state index in [4.69, 9.17) is 26.0 Å². The van der Waals surface area contributed by atoms with Gasteiger partial charge >= 0.3 is 6.03 Å². The number of nitrogens with one attached hydrogen (secondary N) is 5. The van der Waals surface area contributed by atoms with Crippen molar-refractivity contribution in [3.63, 3.8) is 0 Å². The van der Waals surface area contributed by atoms with Crippen molar-refractivity contribution in [2.45, 2.75) is 84.5 Å². The van der Waals surface area contributed by atoms with Crippen LogP contribution < -0.4 is 20.9 Å². The number of aliphatic hydroxyl groups is 1. The molecule has 1 fully saturated rings. The summed E-state index contributed by atoms with van der Waals surface area (Å²) >= 11 is 0. The van der Waals surface area contributed by atoms with Gasteiger partial charge in [0.15, 0.2) is 0 Å². The second-order valence-electron chi connectivity index (χ2n) is 14.2. The zero-order valence-corrected chi connectivity index (χ0v) is 28.6. The molecule has 5 rings (SSSR count). The van der Waals surface area contributed by atoms with Crippen LogP contribution >= 0.6 is 0 Å². The Morgan fingerprint density at radius 3 is 2.35 bits per heavy atom. The maximum Gasteiger partial charge on any atom is 0.320 e. The molecule has 2 amide bonds. The first-order valence-electron chi connectivity index (χ1n) is 16.6. The first kappa shape index (κ1) is 34.6. The van der Waals surface area contributed by atoms with Crippen LogP contribution in [0.1, 0.15) is 88.6 Å². The van der Waals surface area contributed by atoms with Crippen molar-refractivity contribution in [2.24, 2.45) is 10.4 Å². The van der Waals surface area contributed by atoms with Crippen LogP contribution in [0.5, 0.6) is 5.75 Å². The molecular weight excluding hydrogens is 604 g/mol. The van der Waals surface area contributed by atoms with Crippen LogP contribution in [0.4, 0.5) is 10.5 Å².